The quantitative estimate of drug-likeness (QED) is 0.430. The molecule has 0 aliphatic heterocycles. The summed E-state index contributed by atoms with van der Waals surface area (Å²) in [5, 5.41) is 3.27. The zero-order chi connectivity index (χ0) is 15.3. The summed E-state index contributed by atoms with van der Waals surface area (Å²) in [5.74, 6) is 1.78. The Hall–Kier alpha value is -1.75. The van der Waals surface area contributed by atoms with Gasteiger partial charge in [-0.2, -0.15) is 0 Å². The molecule has 0 aliphatic rings. The third-order valence-electron chi connectivity index (χ3n) is 2.84. The average Bonchev–Trinajstić information content (AvgIpc) is 2.51. The number of aliphatic imine (C=N–C) groups is 1. The molecule has 1 N–H and O–H groups in total. The molecule has 118 valence electrons. The maximum absolute atomic E-state index is 5.70. The number of hydrogen-bond acceptors (Lipinski definition) is 3. The number of para-hydroxylation sites is 1. The molecule has 0 atom stereocenters. The van der Waals surface area contributed by atoms with Gasteiger partial charge in [0, 0.05) is 20.2 Å². The molecule has 1 aromatic rings. The van der Waals surface area contributed by atoms with E-state index < -0.39 is 0 Å². The molecule has 0 aromatic heterocycles. The Bertz CT molecular complexity index is 396. The number of rotatable bonds is 9. The van der Waals surface area contributed by atoms with E-state index in [4.69, 9.17) is 9.47 Å². The van der Waals surface area contributed by atoms with E-state index in [1.165, 1.54) is 0 Å². The number of nitrogens with zero attached hydrogens (tertiary/aromatic N) is 2. The van der Waals surface area contributed by atoms with Crippen LogP contribution in [0.25, 0.3) is 0 Å². The fourth-order valence-electron chi connectivity index (χ4n) is 1.75. The zero-order valence-electron chi connectivity index (χ0n) is 13.3. The second-order valence-electron chi connectivity index (χ2n) is 4.52. The molecule has 0 heterocycles. The fraction of sp³-hybridized carbons (Fsp3) is 0.562. The summed E-state index contributed by atoms with van der Waals surface area (Å²) in [6.45, 7) is 8.34. The first-order valence-electron chi connectivity index (χ1n) is 7.53. The second kappa shape index (κ2) is 11.0. The zero-order valence-corrected chi connectivity index (χ0v) is 13.3. The van der Waals surface area contributed by atoms with Crippen LogP contribution in [0.1, 0.15) is 13.8 Å². The number of guanidine groups is 1. The number of likely N-dealkylation sites (N-methyl/N-ethyl adjacent to an activating group) is 1. The van der Waals surface area contributed by atoms with Crippen LogP contribution in [0.4, 0.5) is 0 Å². The lowest BCUT2D eigenvalue weighted by atomic mass is 10.3. The van der Waals surface area contributed by atoms with E-state index >= 15 is 0 Å². The summed E-state index contributed by atoms with van der Waals surface area (Å²) in [5.41, 5.74) is 0. The van der Waals surface area contributed by atoms with Gasteiger partial charge in [-0.25, -0.2) is 0 Å². The lowest BCUT2D eigenvalue weighted by molar-refractivity contribution is 0.155. The van der Waals surface area contributed by atoms with Crippen molar-refractivity contribution in [3.05, 3.63) is 30.3 Å². The van der Waals surface area contributed by atoms with E-state index in [1.54, 1.807) is 0 Å². The van der Waals surface area contributed by atoms with Crippen LogP contribution in [-0.4, -0.2) is 57.4 Å². The predicted octanol–water partition coefficient (Wildman–Crippen LogP) is 2.00. The number of ether oxygens (including phenoxy) is 2. The number of hydrogen-bond donors (Lipinski definition) is 1. The van der Waals surface area contributed by atoms with Crippen LogP contribution in [0.2, 0.25) is 0 Å². The van der Waals surface area contributed by atoms with Crippen molar-refractivity contribution in [3.8, 4) is 5.75 Å². The maximum atomic E-state index is 5.70. The molecular weight excluding hydrogens is 266 g/mol. The third kappa shape index (κ3) is 7.56. The highest BCUT2D eigenvalue weighted by Gasteiger charge is 2.05. The molecule has 0 fully saturated rings. The Morgan fingerprint density at radius 3 is 2.62 bits per heavy atom. The van der Waals surface area contributed by atoms with Gasteiger partial charge in [0.25, 0.3) is 0 Å². The van der Waals surface area contributed by atoms with E-state index in [1.807, 2.05) is 44.3 Å². The Morgan fingerprint density at radius 1 is 1.19 bits per heavy atom. The number of nitrogens with one attached hydrogen (secondary N) is 1. The van der Waals surface area contributed by atoms with Crippen molar-refractivity contribution in [3.63, 3.8) is 0 Å². The van der Waals surface area contributed by atoms with Gasteiger partial charge < -0.3 is 19.7 Å². The highest BCUT2D eigenvalue weighted by Crippen LogP contribution is 2.07. The molecule has 0 unspecified atom stereocenters. The van der Waals surface area contributed by atoms with Crippen molar-refractivity contribution in [2.45, 2.75) is 13.8 Å². The van der Waals surface area contributed by atoms with E-state index in [9.17, 15) is 0 Å². The van der Waals surface area contributed by atoms with E-state index in [0.29, 0.717) is 19.8 Å². The molecule has 0 radical (unpaired) electrons. The highest BCUT2D eigenvalue weighted by atomic mass is 16.5. The fourth-order valence-corrected chi connectivity index (χ4v) is 1.75. The first-order chi connectivity index (χ1) is 10.3. The Kier molecular flexibility index (Phi) is 9.04. The molecule has 0 aliphatic carbocycles. The van der Waals surface area contributed by atoms with Gasteiger partial charge in [-0.05, 0) is 26.0 Å². The van der Waals surface area contributed by atoms with E-state index in [2.05, 4.69) is 22.1 Å². The number of benzene rings is 1. The van der Waals surface area contributed by atoms with Gasteiger partial charge in [-0.3, -0.25) is 4.99 Å². The van der Waals surface area contributed by atoms with Gasteiger partial charge in [0.05, 0.1) is 19.7 Å². The van der Waals surface area contributed by atoms with Gasteiger partial charge in [-0.15, -0.1) is 0 Å². The van der Waals surface area contributed by atoms with Crippen LogP contribution in [-0.2, 0) is 4.74 Å². The maximum Gasteiger partial charge on any atom is 0.193 e. The van der Waals surface area contributed by atoms with Gasteiger partial charge in [-0.1, -0.05) is 18.2 Å². The van der Waals surface area contributed by atoms with Crippen LogP contribution in [0, 0.1) is 0 Å². The summed E-state index contributed by atoms with van der Waals surface area (Å²) in [6.07, 6.45) is 0. The van der Waals surface area contributed by atoms with Gasteiger partial charge in [0.1, 0.15) is 12.4 Å². The van der Waals surface area contributed by atoms with Crippen LogP contribution in [0.3, 0.4) is 0 Å². The smallest absolute Gasteiger partial charge is 0.193 e. The largest absolute Gasteiger partial charge is 0.492 e. The molecule has 0 saturated heterocycles. The molecular formula is C16H27N3O2. The highest BCUT2D eigenvalue weighted by molar-refractivity contribution is 5.79. The standard InChI is InChI=1S/C16H27N3O2/c1-4-17-16(18-11-13-20-5-2)19(3)12-14-21-15-9-7-6-8-10-15/h6-10H,4-5,11-14H2,1-3H3,(H,17,18). The molecule has 21 heavy (non-hydrogen) atoms. The van der Waals surface area contributed by atoms with Crippen LogP contribution in [0.15, 0.2) is 35.3 Å². The lowest BCUT2D eigenvalue weighted by Gasteiger charge is -2.22. The first-order valence-corrected chi connectivity index (χ1v) is 7.53. The Labute approximate surface area is 128 Å². The van der Waals surface area contributed by atoms with E-state index in [-0.39, 0.29) is 0 Å². The Morgan fingerprint density at radius 2 is 1.95 bits per heavy atom. The lowest BCUT2D eigenvalue weighted by Crippen LogP contribution is -2.41. The Balaban J connectivity index is 2.35. The molecule has 0 saturated carbocycles. The molecule has 1 aromatic carbocycles. The summed E-state index contributed by atoms with van der Waals surface area (Å²) < 4.78 is 11.0. The van der Waals surface area contributed by atoms with Crippen LogP contribution >= 0.6 is 0 Å². The summed E-state index contributed by atoms with van der Waals surface area (Å²) >= 11 is 0. The van der Waals surface area contributed by atoms with Gasteiger partial charge in [0.2, 0.25) is 0 Å². The van der Waals surface area contributed by atoms with Crippen molar-refractivity contribution in [1.29, 1.82) is 0 Å². The molecule has 5 heteroatoms. The van der Waals surface area contributed by atoms with Crippen molar-refractivity contribution in [2.24, 2.45) is 4.99 Å². The topological polar surface area (TPSA) is 46.1 Å². The predicted molar refractivity (Wildman–Crippen MR) is 87.0 cm³/mol. The minimum Gasteiger partial charge on any atom is -0.492 e. The summed E-state index contributed by atoms with van der Waals surface area (Å²) in [6, 6.07) is 9.84. The monoisotopic (exact) mass is 293 g/mol. The minimum absolute atomic E-state index is 0.621. The molecule has 1 rings (SSSR count). The molecule has 0 bridgehead atoms. The minimum atomic E-state index is 0.621. The van der Waals surface area contributed by atoms with Crippen molar-refractivity contribution < 1.29 is 9.47 Å². The van der Waals surface area contributed by atoms with Crippen molar-refractivity contribution in [2.75, 3.05) is 46.5 Å². The molecule has 5 nitrogen and oxygen atoms in total. The third-order valence-corrected chi connectivity index (χ3v) is 2.84. The summed E-state index contributed by atoms with van der Waals surface area (Å²) in [4.78, 5) is 6.60. The molecule has 0 amide bonds. The van der Waals surface area contributed by atoms with Gasteiger partial charge in [0.15, 0.2) is 5.96 Å². The first kappa shape index (κ1) is 17.3. The van der Waals surface area contributed by atoms with Crippen LogP contribution in [0.5, 0.6) is 5.75 Å². The van der Waals surface area contributed by atoms with Crippen molar-refractivity contribution >= 4 is 5.96 Å². The van der Waals surface area contributed by atoms with Gasteiger partial charge >= 0.3 is 0 Å². The van der Waals surface area contributed by atoms with Crippen molar-refractivity contribution in [1.82, 2.24) is 10.2 Å². The van der Waals surface area contributed by atoms with Crippen LogP contribution < -0.4 is 10.1 Å². The normalized spacial score (nSPS) is 11.3. The SMILES string of the molecule is CCNC(=NCCOCC)N(C)CCOc1ccccc1. The van der Waals surface area contributed by atoms with E-state index in [0.717, 1.165) is 31.4 Å². The second-order valence-corrected chi connectivity index (χ2v) is 4.52. The average molecular weight is 293 g/mol. The molecule has 0 spiro atoms. The summed E-state index contributed by atoms with van der Waals surface area (Å²) in [7, 11) is 2.01.